The van der Waals surface area contributed by atoms with E-state index in [-0.39, 0.29) is 24.4 Å². The zero-order valence-electron chi connectivity index (χ0n) is 11.9. The lowest BCUT2D eigenvalue weighted by Gasteiger charge is -2.13. The summed E-state index contributed by atoms with van der Waals surface area (Å²) in [7, 11) is 0. The van der Waals surface area contributed by atoms with Crippen LogP contribution in [0.1, 0.15) is 27.3 Å². The molecule has 0 fully saturated rings. The van der Waals surface area contributed by atoms with Crippen molar-refractivity contribution in [1.82, 2.24) is 20.8 Å². The van der Waals surface area contributed by atoms with E-state index in [9.17, 15) is 13.6 Å². The molecule has 0 atom stereocenters. The summed E-state index contributed by atoms with van der Waals surface area (Å²) >= 11 is 0. The van der Waals surface area contributed by atoms with Gasteiger partial charge in [-0.3, -0.25) is 9.89 Å². The fraction of sp³-hybridized carbons (Fsp3) is 0.333. The molecule has 0 saturated heterocycles. The highest BCUT2D eigenvalue weighted by Gasteiger charge is 2.21. The van der Waals surface area contributed by atoms with Crippen molar-refractivity contribution < 1.29 is 13.6 Å². The number of nitrogens with one attached hydrogen (secondary N) is 3. The van der Waals surface area contributed by atoms with Crippen LogP contribution in [0, 0.1) is 11.6 Å². The highest BCUT2D eigenvalue weighted by Crippen LogP contribution is 2.15. The number of aromatic nitrogens is 2. The minimum Gasteiger partial charge on any atom is -0.350 e. The summed E-state index contributed by atoms with van der Waals surface area (Å²) in [5.74, 6) is -1.54. The van der Waals surface area contributed by atoms with Crippen molar-refractivity contribution in [2.75, 3.05) is 13.1 Å². The molecular formula is C15H16F2N4O. The maximum absolute atomic E-state index is 13.5. The lowest BCUT2D eigenvalue weighted by molar-refractivity contribution is 0.0947. The third kappa shape index (κ3) is 2.85. The number of amides is 1. The number of H-pyrrole nitrogens is 1. The second-order valence-corrected chi connectivity index (χ2v) is 5.16. The van der Waals surface area contributed by atoms with Gasteiger partial charge >= 0.3 is 0 Å². The molecule has 1 amide bonds. The molecule has 5 nitrogen and oxygen atoms in total. The molecule has 1 aromatic carbocycles. The Kier molecular flexibility index (Phi) is 4.15. The summed E-state index contributed by atoms with van der Waals surface area (Å²) in [5.41, 5.74) is 2.15. The first-order valence-corrected chi connectivity index (χ1v) is 7.14. The lowest BCUT2D eigenvalue weighted by Crippen LogP contribution is -2.29. The lowest BCUT2D eigenvalue weighted by atomic mass is 10.1. The molecule has 22 heavy (non-hydrogen) atoms. The molecule has 7 heteroatoms. The maximum Gasteiger partial charge on any atom is 0.272 e. The van der Waals surface area contributed by atoms with Crippen LogP contribution in [0.4, 0.5) is 8.78 Å². The second-order valence-electron chi connectivity index (χ2n) is 5.16. The standard InChI is InChI=1S/C15H16F2N4O/c16-11-2-1-3-12(17)9(11)4-7-19-15(22)14-10-8-18-6-5-13(10)20-21-14/h1-3,18H,4-8H2,(H,19,22)(H,20,21). The van der Waals surface area contributed by atoms with E-state index in [1.54, 1.807) is 0 Å². The van der Waals surface area contributed by atoms with Gasteiger partial charge in [0.1, 0.15) is 11.6 Å². The molecule has 0 unspecified atom stereocenters. The molecule has 0 saturated carbocycles. The van der Waals surface area contributed by atoms with Crippen LogP contribution in [0.2, 0.25) is 0 Å². The minimum absolute atomic E-state index is 0.0199. The Morgan fingerprint density at radius 3 is 2.86 bits per heavy atom. The number of rotatable bonds is 4. The number of carbonyl (C=O) groups is 1. The number of hydrogen-bond acceptors (Lipinski definition) is 3. The molecule has 1 aliphatic heterocycles. The van der Waals surface area contributed by atoms with Crippen LogP contribution in [0.3, 0.4) is 0 Å². The summed E-state index contributed by atoms with van der Waals surface area (Å²) in [6.45, 7) is 1.59. The first kappa shape index (κ1) is 14.6. The normalized spacial score (nSPS) is 13.7. The Balaban J connectivity index is 1.62. The van der Waals surface area contributed by atoms with E-state index < -0.39 is 11.6 Å². The number of benzene rings is 1. The SMILES string of the molecule is O=C(NCCc1c(F)cccc1F)c1n[nH]c2c1CNCC2. The Morgan fingerprint density at radius 1 is 1.32 bits per heavy atom. The van der Waals surface area contributed by atoms with Crippen molar-refractivity contribution in [2.24, 2.45) is 0 Å². The van der Waals surface area contributed by atoms with Gasteiger partial charge in [-0.25, -0.2) is 8.78 Å². The average molecular weight is 306 g/mol. The summed E-state index contributed by atoms with van der Waals surface area (Å²) < 4.78 is 27.0. The van der Waals surface area contributed by atoms with Gasteiger partial charge in [-0.2, -0.15) is 5.10 Å². The van der Waals surface area contributed by atoms with E-state index in [0.717, 1.165) is 24.2 Å². The fourth-order valence-electron chi connectivity index (χ4n) is 2.57. The monoisotopic (exact) mass is 306 g/mol. The van der Waals surface area contributed by atoms with Gasteiger partial charge in [0, 0.05) is 42.9 Å². The third-order valence-corrected chi connectivity index (χ3v) is 3.74. The minimum atomic E-state index is -0.601. The summed E-state index contributed by atoms with van der Waals surface area (Å²) in [5, 5.41) is 12.7. The van der Waals surface area contributed by atoms with Gasteiger partial charge in [0.2, 0.25) is 0 Å². The fourth-order valence-corrected chi connectivity index (χ4v) is 2.57. The molecule has 3 N–H and O–H groups in total. The molecule has 1 aromatic heterocycles. The Labute approximate surface area is 126 Å². The van der Waals surface area contributed by atoms with E-state index in [2.05, 4.69) is 20.8 Å². The smallest absolute Gasteiger partial charge is 0.272 e. The predicted molar refractivity (Wildman–Crippen MR) is 76.4 cm³/mol. The van der Waals surface area contributed by atoms with Crippen molar-refractivity contribution in [2.45, 2.75) is 19.4 Å². The number of nitrogens with zero attached hydrogens (tertiary/aromatic N) is 1. The quantitative estimate of drug-likeness (QED) is 0.797. The first-order chi connectivity index (χ1) is 10.7. The van der Waals surface area contributed by atoms with Gasteiger partial charge in [-0.15, -0.1) is 0 Å². The highest BCUT2D eigenvalue weighted by molar-refractivity contribution is 5.94. The van der Waals surface area contributed by atoms with Crippen LogP contribution >= 0.6 is 0 Å². The molecule has 3 rings (SSSR count). The topological polar surface area (TPSA) is 69.8 Å². The molecule has 1 aliphatic rings. The van der Waals surface area contributed by atoms with E-state index in [4.69, 9.17) is 0 Å². The summed E-state index contributed by atoms with van der Waals surface area (Å²) in [4.78, 5) is 12.1. The van der Waals surface area contributed by atoms with Crippen molar-refractivity contribution in [3.05, 3.63) is 52.3 Å². The largest absolute Gasteiger partial charge is 0.350 e. The molecule has 2 heterocycles. The van der Waals surface area contributed by atoms with Gasteiger partial charge in [0.05, 0.1) is 0 Å². The highest BCUT2D eigenvalue weighted by atomic mass is 19.1. The zero-order chi connectivity index (χ0) is 15.5. The van der Waals surface area contributed by atoms with Crippen LogP contribution in [0.15, 0.2) is 18.2 Å². The Bertz CT molecular complexity index is 679. The molecule has 0 radical (unpaired) electrons. The second kappa shape index (κ2) is 6.23. The number of carbonyl (C=O) groups excluding carboxylic acids is 1. The van der Waals surface area contributed by atoms with Crippen LogP contribution in [-0.2, 0) is 19.4 Å². The molecule has 2 aromatic rings. The van der Waals surface area contributed by atoms with Gasteiger partial charge in [-0.05, 0) is 18.6 Å². The van der Waals surface area contributed by atoms with Crippen molar-refractivity contribution in [1.29, 1.82) is 0 Å². The molecule has 0 aliphatic carbocycles. The number of hydrogen-bond donors (Lipinski definition) is 3. The van der Waals surface area contributed by atoms with Gasteiger partial charge < -0.3 is 10.6 Å². The van der Waals surface area contributed by atoms with Crippen LogP contribution in [0.25, 0.3) is 0 Å². The summed E-state index contributed by atoms with van der Waals surface area (Å²) in [6, 6.07) is 3.72. The van der Waals surface area contributed by atoms with Gasteiger partial charge in [0.25, 0.3) is 5.91 Å². The van der Waals surface area contributed by atoms with E-state index in [1.807, 2.05) is 0 Å². The van der Waals surface area contributed by atoms with E-state index in [1.165, 1.54) is 18.2 Å². The molecule has 116 valence electrons. The van der Waals surface area contributed by atoms with Gasteiger partial charge in [-0.1, -0.05) is 6.07 Å². The zero-order valence-corrected chi connectivity index (χ0v) is 11.9. The van der Waals surface area contributed by atoms with Crippen LogP contribution < -0.4 is 10.6 Å². The maximum atomic E-state index is 13.5. The third-order valence-electron chi connectivity index (χ3n) is 3.74. The number of fused-ring (bicyclic) bond motifs is 1. The first-order valence-electron chi connectivity index (χ1n) is 7.14. The Morgan fingerprint density at radius 2 is 2.09 bits per heavy atom. The average Bonchev–Trinajstić information content (AvgIpc) is 2.94. The van der Waals surface area contributed by atoms with Crippen LogP contribution in [0.5, 0.6) is 0 Å². The molecule has 0 bridgehead atoms. The van der Waals surface area contributed by atoms with E-state index >= 15 is 0 Å². The summed E-state index contributed by atoms with van der Waals surface area (Å²) in [6.07, 6.45) is 0.894. The number of halogens is 2. The predicted octanol–water partition coefficient (Wildman–Crippen LogP) is 1.31. The van der Waals surface area contributed by atoms with Crippen molar-refractivity contribution in [3.8, 4) is 0 Å². The molecular weight excluding hydrogens is 290 g/mol. The molecule has 0 spiro atoms. The van der Waals surface area contributed by atoms with Crippen molar-refractivity contribution in [3.63, 3.8) is 0 Å². The van der Waals surface area contributed by atoms with E-state index in [0.29, 0.717) is 12.2 Å². The number of aromatic amines is 1. The van der Waals surface area contributed by atoms with Gasteiger partial charge in [0.15, 0.2) is 5.69 Å². The van der Waals surface area contributed by atoms with Crippen molar-refractivity contribution >= 4 is 5.91 Å². The Hall–Kier alpha value is -2.28. The van der Waals surface area contributed by atoms with Crippen LogP contribution in [-0.4, -0.2) is 29.2 Å².